The van der Waals surface area contributed by atoms with E-state index in [2.05, 4.69) is 23.9 Å². The largest absolute Gasteiger partial charge is 0.460 e. The van der Waals surface area contributed by atoms with Gasteiger partial charge in [-0.25, -0.2) is 4.79 Å². The summed E-state index contributed by atoms with van der Waals surface area (Å²) in [5.41, 5.74) is 1.59. The Morgan fingerprint density at radius 1 is 1.43 bits per heavy atom. The van der Waals surface area contributed by atoms with Gasteiger partial charge >= 0.3 is 5.97 Å². The summed E-state index contributed by atoms with van der Waals surface area (Å²) in [6, 6.07) is 8.12. The van der Waals surface area contributed by atoms with E-state index in [-0.39, 0.29) is 5.97 Å². The summed E-state index contributed by atoms with van der Waals surface area (Å²) in [5, 5.41) is 0.924. The number of piperidine rings is 1. The topological polar surface area (TPSA) is 45.3 Å². The number of rotatable bonds is 3. The molecule has 2 aromatic rings. The van der Waals surface area contributed by atoms with E-state index in [0.717, 1.165) is 17.4 Å². The molecule has 4 heteroatoms. The molecule has 1 aliphatic rings. The molecule has 3 rings (SSSR count). The quantitative estimate of drug-likeness (QED) is 0.882. The first-order valence-corrected chi connectivity index (χ1v) is 7.60. The number of aromatic amines is 1. The van der Waals surface area contributed by atoms with Crippen LogP contribution < -0.4 is 0 Å². The van der Waals surface area contributed by atoms with Gasteiger partial charge < -0.3 is 9.72 Å². The molecule has 1 N–H and O–H groups in total. The molecule has 21 heavy (non-hydrogen) atoms. The molecule has 1 aliphatic heterocycles. The summed E-state index contributed by atoms with van der Waals surface area (Å²) >= 11 is 0. The van der Waals surface area contributed by atoms with Crippen LogP contribution in [-0.4, -0.2) is 42.1 Å². The van der Waals surface area contributed by atoms with Gasteiger partial charge in [-0.2, -0.15) is 0 Å². The minimum Gasteiger partial charge on any atom is -0.460 e. The number of carbonyl (C=O) groups is 1. The van der Waals surface area contributed by atoms with Crippen LogP contribution in [0.5, 0.6) is 0 Å². The fraction of sp³-hybridized carbons (Fsp3) is 0.471. The normalized spacial score (nSPS) is 23.3. The number of hydrogen-bond donors (Lipinski definition) is 1. The molecule has 2 atom stereocenters. The maximum atomic E-state index is 12.3. The molecule has 2 unspecified atom stereocenters. The first-order chi connectivity index (χ1) is 10.2. The van der Waals surface area contributed by atoms with Gasteiger partial charge in [0.1, 0.15) is 6.61 Å². The minimum absolute atomic E-state index is 0.237. The van der Waals surface area contributed by atoms with Crippen molar-refractivity contribution < 1.29 is 9.53 Å². The molecular formula is C17H22N2O2. The monoisotopic (exact) mass is 286 g/mol. The Balaban J connectivity index is 1.69. The molecule has 112 valence electrons. The molecule has 0 aliphatic carbocycles. The molecule has 0 amide bonds. The van der Waals surface area contributed by atoms with Crippen molar-refractivity contribution in [1.82, 2.24) is 9.88 Å². The number of fused-ring (bicyclic) bond motifs is 1. The average Bonchev–Trinajstić information content (AvgIpc) is 2.90. The number of ether oxygens (including phenoxy) is 1. The highest BCUT2D eigenvalue weighted by Gasteiger charge is 2.27. The van der Waals surface area contributed by atoms with Gasteiger partial charge in [0.15, 0.2) is 0 Å². The molecule has 0 radical (unpaired) electrons. The van der Waals surface area contributed by atoms with Crippen molar-refractivity contribution in [3.8, 4) is 0 Å². The molecule has 1 aromatic heterocycles. The zero-order chi connectivity index (χ0) is 14.8. The molecule has 4 nitrogen and oxygen atoms in total. The van der Waals surface area contributed by atoms with Gasteiger partial charge in [0.2, 0.25) is 0 Å². The molecule has 1 fully saturated rings. The second kappa shape index (κ2) is 5.90. The van der Waals surface area contributed by atoms with E-state index >= 15 is 0 Å². The van der Waals surface area contributed by atoms with E-state index in [4.69, 9.17) is 4.74 Å². The number of likely N-dealkylation sites (tertiary alicyclic amines) is 1. The minimum atomic E-state index is -0.237. The van der Waals surface area contributed by atoms with E-state index in [9.17, 15) is 4.79 Å². The van der Waals surface area contributed by atoms with Crippen LogP contribution in [0.25, 0.3) is 10.9 Å². The van der Waals surface area contributed by atoms with E-state index in [0.29, 0.717) is 24.1 Å². The third-order valence-corrected chi connectivity index (χ3v) is 4.59. The lowest BCUT2D eigenvalue weighted by Crippen LogP contribution is -2.45. The number of H-pyrrole nitrogens is 1. The van der Waals surface area contributed by atoms with Crippen LogP contribution in [-0.2, 0) is 4.74 Å². The Hall–Kier alpha value is -1.81. The third kappa shape index (κ3) is 2.81. The second-order valence-corrected chi connectivity index (χ2v) is 6.01. The molecule has 0 spiro atoms. The molecule has 0 bridgehead atoms. The maximum Gasteiger partial charge on any atom is 0.340 e. The fourth-order valence-electron chi connectivity index (χ4n) is 3.23. The Bertz CT molecular complexity index is 625. The Morgan fingerprint density at radius 3 is 3.05 bits per heavy atom. The van der Waals surface area contributed by atoms with Crippen molar-refractivity contribution in [2.24, 2.45) is 5.92 Å². The maximum absolute atomic E-state index is 12.3. The summed E-state index contributed by atoms with van der Waals surface area (Å²) in [7, 11) is 2.11. The summed E-state index contributed by atoms with van der Waals surface area (Å²) in [4.78, 5) is 17.7. The predicted octanol–water partition coefficient (Wildman–Crippen LogP) is 3.06. The lowest BCUT2D eigenvalue weighted by Gasteiger charge is -2.36. The van der Waals surface area contributed by atoms with Gasteiger partial charge in [-0.05, 0) is 38.4 Å². The van der Waals surface area contributed by atoms with Gasteiger partial charge in [-0.1, -0.05) is 25.1 Å². The van der Waals surface area contributed by atoms with Crippen molar-refractivity contribution in [3.63, 3.8) is 0 Å². The van der Waals surface area contributed by atoms with E-state index < -0.39 is 0 Å². The highest BCUT2D eigenvalue weighted by molar-refractivity contribution is 6.03. The van der Waals surface area contributed by atoms with Crippen LogP contribution in [0.15, 0.2) is 30.5 Å². The highest BCUT2D eigenvalue weighted by atomic mass is 16.5. The smallest absolute Gasteiger partial charge is 0.340 e. The SMILES string of the molecule is CC1CCCN(C)C1COC(=O)c1c[nH]c2ccccc12. The number of benzene rings is 1. The lowest BCUT2D eigenvalue weighted by atomic mass is 9.92. The van der Waals surface area contributed by atoms with Gasteiger partial charge in [-0.15, -0.1) is 0 Å². The number of carbonyl (C=O) groups excluding carboxylic acids is 1. The van der Waals surface area contributed by atoms with Crippen molar-refractivity contribution in [1.29, 1.82) is 0 Å². The zero-order valence-corrected chi connectivity index (χ0v) is 12.6. The molecular weight excluding hydrogens is 264 g/mol. The average molecular weight is 286 g/mol. The lowest BCUT2D eigenvalue weighted by molar-refractivity contribution is 0.0223. The van der Waals surface area contributed by atoms with Gasteiger partial charge in [0.05, 0.1) is 5.56 Å². The van der Waals surface area contributed by atoms with Crippen LogP contribution in [0.3, 0.4) is 0 Å². The van der Waals surface area contributed by atoms with Crippen molar-refractivity contribution >= 4 is 16.9 Å². The summed E-state index contributed by atoms with van der Waals surface area (Å²) in [6.45, 7) is 3.79. The Labute approximate surface area is 125 Å². The molecule has 0 saturated carbocycles. The Morgan fingerprint density at radius 2 is 2.24 bits per heavy atom. The van der Waals surface area contributed by atoms with Crippen molar-refractivity contribution in [2.75, 3.05) is 20.2 Å². The summed E-state index contributed by atoms with van der Waals surface area (Å²) < 4.78 is 5.57. The van der Waals surface area contributed by atoms with Gasteiger partial charge in [0.25, 0.3) is 0 Å². The fourth-order valence-corrected chi connectivity index (χ4v) is 3.23. The zero-order valence-electron chi connectivity index (χ0n) is 12.6. The number of esters is 1. The predicted molar refractivity (Wildman–Crippen MR) is 83.4 cm³/mol. The second-order valence-electron chi connectivity index (χ2n) is 6.01. The number of nitrogens with zero attached hydrogens (tertiary/aromatic N) is 1. The number of nitrogens with one attached hydrogen (secondary N) is 1. The van der Waals surface area contributed by atoms with E-state index in [1.165, 1.54) is 12.8 Å². The van der Waals surface area contributed by atoms with Crippen molar-refractivity contribution in [2.45, 2.75) is 25.8 Å². The number of aromatic nitrogens is 1. The summed E-state index contributed by atoms with van der Waals surface area (Å²) in [5.74, 6) is 0.332. The first-order valence-electron chi connectivity index (χ1n) is 7.60. The van der Waals surface area contributed by atoms with Crippen LogP contribution in [0.4, 0.5) is 0 Å². The van der Waals surface area contributed by atoms with E-state index in [1.54, 1.807) is 6.20 Å². The van der Waals surface area contributed by atoms with Gasteiger partial charge in [0, 0.05) is 23.1 Å². The molecule has 1 aromatic carbocycles. The first kappa shape index (κ1) is 14.1. The molecule has 2 heterocycles. The van der Waals surface area contributed by atoms with Crippen LogP contribution in [0, 0.1) is 5.92 Å². The third-order valence-electron chi connectivity index (χ3n) is 4.59. The summed E-state index contributed by atoms with van der Waals surface area (Å²) in [6.07, 6.45) is 4.17. The van der Waals surface area contributed by atoms with Crippen LogP contribution >= 0.6 is 0 Å². The number of hydrogen-bond acceptors (Lipinski definition) is 3. The number of para-hydroxylation sites is 1. The van der Waals surface area contributed by atoms with Gasteiger partial charge in [-0.3, -0.25) is 4.90 Å². The van der Waals surface area contributed by atoms with Crippen LogP contribution in [0.1, 0.15) is 30.1 Å². The van der Waals surface area contributed by atoms with E-state index in [1.807, 2.05) is 24.3 Å². The van der Waals surface area contributed by atoms with Crippen molar-refractivity contribution in [3.05, 3.63) is 36.0 Å². The number of likely N-dealkylation sites (N-methyl/N-ethyl adjacent to an activating group) is 1. The Kier molecular flexibility index (Phi) is 3.97. The molecule has 1 saturated heterocycles. The standard InChI is InChI=1S/C17H22N2O2/c1-12-6-5-9-19(2)16(12)11-21-17(20)14-10-18-15-8-4-3-7-13(14)15/h3-4,7-8,10,12,16,18H,5-6,9,11H2,1-2H3. The van der Waals surface area contributed by atoms with Crippen LogP contribution in [0.2, 0.25) is 0 Å². The highest BCUT2D eigenvalue weighted by Crippen LogP contribution is 2.23.